The van der Waals surface area contributed by atoms with Gasteiger partial charge in [0.1, 0.15) is 5.82 Å². The number of halogens is 1. The Kier molecular flexibility index (Phi) is 5.59. The minimum absolute atomic E-state index is 0.0458. The zero-order valence-corrected chi connectivity index (χ0v) is 14.5. The summed E-state index contributed by atoms with van der Waals surface area (Å²) < 4.78 is 32.6. The monoisotopic (exact) mass is 377 g/mol. The van der Waals surface area contributed by atoms with Crippen molar-refractivity contribution < 1.29 is 13.2 Å². The van der Waals surface area contributed by atoms with Crippen LogP contribution in [0, 0.1) is 0 Å². The highest BCUT2D eigenvalue weighted by Crippen LogP contribution is 2.15. The highest BCUT2D eigenvalue weighted by atomic mass is 79.9. The highest BCUT2D eigenvalue weighted by Gasteiger charge is 2.30. The minimum Gasteiger partial charge on any atom is -0.373 e. The van der Waals surface area contributed by atoms with Crippen molar-refractivity contribution >= 4 is 31.8 Å². The average molecular weight is 378 g/mol. The Morgan fingerprint density at radius 1 is 1.38 bits per heavy atom. The van der Waals surface area contributed by atoms with Crippen LogP contribution < -0.4 is 5.32 Å². The number of sulfonamides is 1. The summed E-state index contributed by atoms with van der Waals surface area (Å²) in [6.45, 7) is 4.95. The molecule has 1 aromatic rings. The molecule has 1 aliphatic heterocycles. The van der Waals surface area contributed by atoms with Crippen LogP contribution in [0.15, 0.2) is 22.8 Å². The topological polar surface area (TPSA) is 71.5 Å². The fourth-order valence-corrected chi connectivity index (χ4v) is 4.00. The molecule has 2 rings (SSSR count). The van der Waals surface area contributed by atoms with E-state index < -0.39 is 10.0 Å². The van der Waals surface area contributed by atoms with E-state index in [9.17, 15) is 8.42 Å². The standard InChI is InChI=1S/C13H20BrN3O3S/c1-10-8-17(9-11(2)20-10)21(18,19)6-5-15-13-4-3-12(14)7-16-13/h3-4,7,10-11H,5-6,8-9H2,1-2H3,(H,15,16). The molecule has 8 heteroatoms. The summed E-state index contributed by atoms with van der Waals surface area (Å²) in [6, 6.07) is 3.66. The van der Waals surface area contributed by atoms with Gasteiger partial charge in [0, 0.05) is 30.3 Å². The molecule has 118 valence electrons. The molecular formula is C13H20BrN3O3S. The predicted octanol–water partition coefficient (Wildman–Crippen LogP) is 1.69. The zero-order chi connectivity index (χ0) is 15.5. The van der Waals surface area contributed by atoms with Gasteiger partial charge in [0.2, 0.25) is 10.0 Å². The van der Waals surface area contributed by atoms with E-state index in [1.54, 1.807) is 12.3 Å². The van der Waals surface area contributed by atoms with Crippen LogP contribution in [0.1, 0.15) is 13.8 Å². The Morgan fingerprint density at radius 2 is 2.05 bits per heavy atom. The van der Waals surface area contributed by atoms with Gasteiger partial charge in [-0.25, -0.2) is 13.4 Å². The largest absolute Gasteiger partial charge is 0.373 e. The number of ether oxygens (including phenoxy) is 1. The molecule has 0 aliphatic carbocycles. The Hall–Kier alpha value is -0.700. The van der Waals surface area contributed by atoms with Crippen LogP contribution in [0.5, 0.6) is 0 Å². The fraction of sp³-hybridized carbons (Fsp3) is 0.615. The highest BCUT2D eigenvalue weighted by molar-refractivity contribution is 9.10. The second-order valence-electron chi connectivity index (χ2n) is 5.18. The van der Waals surface area contributed by atoms with Gasteiger partial charge >= 0.3 is 0 Å². The van der Waals surface area contributed by atoms with Crippen LogP contribution in [-0.2, 0) is 14.8 Å². The van der Waals surface area contributed by atoms with Crippen molar-refractivity contribution in [2.45, 2.75) is 26.1 Å². The Morgan fingerprint density at radius 3 is 2.62 bits per heavy atom. The number of nitrogens with zero attached hydrogens (tertiary/aromatic N) is 2. The molecule has 2 heterocycles. The van der Waals surface area contributed by atoms with Gasteiger partial charge in [-0.05, 0) is 41.9 Å². The van der Waals surface area contributed by atoms with Crippen molar-refractivity contribution in [3.63, 3.8) is 0 Å². The van der Waals surface area contributed by atoms with E-state index in [1.807, 2.05) is 19.9 Å². The van der Waals surface area contributed by atoms with Crippen LogP contribution in [0.25, 0.3) is 0 Å². The maximum Gasteiger partial charge on any atom is 0.216 e. The third kappa shape index (κ3) is 4.91. The molecule has 0 bridgehead atoms. The average Bonchev–Trinajstić information content (AvgIpc) is 2.40. The molecule has 1 N–H and O–H groups in total. The maximum atomic E-state index is 12.3. The summed E-state index contributed by atoms with van der Waals surface area (Å²) in [6.07, 6.45) is 1.54. The molecule has 6 nitrogen and oxygen atoms in total. The molecule has 1 aromatic heterocycles. The number of pyridine rings is 1. The molecule has 0 aromatic carbocycles. The summed E-state index contributed by atoms with van der Waals surface area (Å²) >= 11 is 3.30. The van der Waals surface area contributed by atoms with Crippen molar-refractivity contribution in [3.05, 3.63) is 22.8 Å². The third-order valence-electron chi connectivity index (χ3n) is 3.17. The SMILES string of the molecule is CC1CN(S(=O)(=O)CCNc2ccc(Br)cn2)CC(C)O1. The van der Waals surface area contributed by atoms with Crippen molar-refractivity contribution in [2.24, 2.45) is 0 Å². The van der Waals surface area contributed by atoms with E-state index in [4.69, 9.17) is 4.74 Å². The predicted molar refractivity (Wildman–Crippen MR) is 85.8 cm³/mol. The molecule has 0 spiro atoms. The van der Waals surface area contributed by atoms with Crippen LogP contribution in [0.4, 0.5) is 5.82 Å². The fourth-order valence-electron chi connectivity index (χ4n) is 2.28. The molecule has 2 unspecified atom stereocenters. The van der Waals surface area contributed by atoms with Gasteiger partial charge in [-0.2, -0.15) is 4.31 Å². The van der Waals surface area contributed by atoms with Gasteiger partial charge in [-0.1, -0.05) is 0 Å². The smallest absolute Gasteiger partial charge is 0.216 e. The first-order chi connectivity index (χ1) is 9.87. The van der Waals surface area contributed by atoms with E-state index in [1.165, 1.54) is 4.31 Å². The van der Waals surface area contributed by atoms with E-state index in [2.05, 4.69) is 26.2 Å². The normalized spacial score (nSPS) is 24.0. The van der Waals surface area contributed by atoms with E-state index >= 15 is 0 Å². The zero-order valence-electron chi connectivity index (χ0n) is 12.1. The quantitative estimate of drug-likeness (QED) is 0.845. The Bertz CT molecular complexity index is 555. The van der Waals surface area contributed by atoms with Crippen LogP contribution in [0.3, 0.4) is 0 Å². The van der Waals surface area contributed by atoms with Crippen LogP contribution in [0.2, 0.25) is 0 Å². The first kappa shape index (κ1) is 16.7. The molecule has 0 amide bonds. The summed E-state index contributed by atoms with van der Waals surface area (Å²) in [4.78, 5) is 4.15. The second kappa shape index (κ2) is 7.04. The van der Waals surface area contributed by atoms with Crippen molar-refractivity contribution in [1.29, 1.82) is 0 Å². The molecule has 1 saturated heterocycles. The molecule has 2 atom stereocenters. The number of rotatable bonds is 5. The van der Waals surface area contributed by atoms with E-state index in [-0.39, 0.29) is 18.0 Å². The lowest BCUT2D eigenvalue weighted by atomic mass is 10.3. The molecule has 0 radical (unpaired) electrons. The van der Waals surface area contributed by atoms with Gasteiger partial charge in [-0.3, -0.25) is 0 Å². The van der Waals surface area contributed by atoms with Crippen molar-refractivity contribution in [3.8, 4) is 0 Å². The lowest BCUT2D eigenvalue weighted by Gasteiger charge is -2.34. The first-order valence-corrected chi connectivity index (χ1v) is 9.26. The Balaban J connectivity index is 1.87. The second-order valence-corrected chi connectivity index (χ2v) is 8.18. The molecule has 1 fully saturated rings. The van der Waals surface area contributed by atoms with Crippen LogP contribution in [-0.4, -0.2) is 55.3 Å². The number of hydrogen-bond donors (Lipinski definition) is 1. The van der Waals surface area contributed by atoms with Crippen LogP contribution >= 0.6 is 15.9 Å². The van der Waals surface area contributed by atoms with Crippen molar-refractivity contribution in [2.75, 3.05) is 30.7 Å². The lowest BCUT2D eigenvalue weighted by Crippen LogP contribution is -2.49. The van der Waals surface area contributed by atoms with Gasteiger partial charge in [0.25, 0.3) is 0 Å². The number of nitrogens with one attached hydrogen (secondary N) is 1. The van der Waals surface area contributed by atoms with E-state index in [0.717, 1.165) is 4.47 Å². The maximum absolute atomic E-state index is 12.3. The van der Waals surface area contributed by atoms with Gasteiger partial charge in [0.05, 0.1) is 18.0 Å². The third-order valence-corrected chi connectivity index (χ3v) is 5.45. The lowest BCUT2D eigenvalue weighted by molar-refractivity contribution is -0.0440. The molecule has 21 heavy (non-hydrogen) atoms. The van der Waals surface area contributed by atoms with Gasteiger partial charge in [-0.15, -0.1) is 0 Å². The number of morpholine rings is 1. The summed E-state index contributed by atoms with van der Waals surface area (Å²) in [5, 5.41) is 3.02. The molecule has 0 saturated carbocycles. The summed E-state index contributed by atoms with van der Waals surface area (Å²) in [5.41, 5.74) is 0. The first-order valence-electron chi connectivity index (χ1n) is 6.85. The number of hydrogen-bond acceptors (Lipinski definition) is 5. The minimum atomic E-state index is -3.27. The number of aromatic nitrogens is 1. The molecule has 1 aliphatic rings. The van der Waals surface area contributed by atoms with Gasteiger partial charge in [0.15, 0.2) is 0 Å². The summed E-state index contributed by atoms with van der Waals surface area (Å²) in [5.74, 6) is 0.710. The summed E-state index contributed by atoms with van der Waals surface area (Å²) in [7, 11) is -3.27. The van der Waals surface area contributed by atoms with Crippen molar-refractivity contribution in [1.82, 2.24) is 9.29 Å². The van der Waals surface area contributed by atoms with Gasteiger partial charge < -0.3 is 10.1 Å². The Labute approximate surface area is 134 Å². The van der Waals surface area contributed by atoms with E-state index in [0.29, 0.717) is 25.5 Å². The number of anilines is 1. The molecular weight excluding hydrogens is 358 g/mol.